The van der Waals surface area contributed by atoms with E-state index in [1.54, 1.807) is 6.07 Å². The molecule has 96 valence electrons. The molecule has 0 bridgehead atoms. The van der Waals surface area contributed by atoms with E-state index in [9.17, 15) is 0 Å². The normalized spacial score (nSPS) is 10.9. The van der Waals surface area contributed by atoms with E-state index in [2.05, 4.69) is 18.9 Å². The van der Waals surface area contributed by atoms with E-state index in [4.69, 9.17) is 22.1 Å². The van der Waals surface area contributed by atoms with Crippen LogP contribution in [0.1, 0.15) is 25.6 Å². The highest BCUT2D eigenvalue weighted by atomic mass is 35.5. The maximum Gasteiger partial charge on any atom is 0.145 e. The Morgan fingerprint density at radius 1 is 1.39 bits per heavy atom. The molecule has 0 saturated heterocycles. The Balaban J connectivity index is 2.10. The molecule has 0 aliphatic carbocycles. The summed E-state index contributed by atoms with van der Waals surface area (Å²) in [6.07, 6.45) is 0. The number of hydrogen-bond donors (Lipinski definition) is 1. The van der Waals surface area contributed by atoms with E-state index < -0.39 is 0 Å². The number of aromatic nitrogens is 2. The topological polar surface area (TPSA) is 53.1 Å². The third kappa shape index (κ3) is 2.96. The number of halogens is 1. The van der Waals surface area contributed by atoms with E-state index in [0.717, 1.165) is 11.4 Å². The molecule has 4 nitrogen and oxygen atoms in total. The smallest absolute Gasteiger partial charge is 0.145 e. The van der Waals surface area contributed by atoms with Crippen molar-refractivity contribution in [2.45, 2.75) is 26.5 Å². The summed E-state index contributed by atoms with van der Waals surface area (Å²) >= 11 is 5.89. The van der Waals surface area contributed by atoms with Gasteiger partial charge in [0.25, 0.3) is 0 Å². The van der Waals surface area contributed by atoms with Gasteiger partial charge in [-0.3, -0.25) is 4.68 Å². The Labute approximate surface area is 111 Å². The molecule has 2 N–H and O–H groups in total. The Morgan fingerprint density at radius 2 is 2.17 bits per heavy atom. The van der Waals surface area contributed by atoms with Crippen molar-refractivity contribution in [3.63, 3.8) is 0 Å². The molecule has 0 aliphatic rings. The minimum absolute atomic E-state index is 0.250. The Kier molecular flexibility index (Phi) is 3.77. The first kappa shape index (κ1) is 12.8. The summed E-state index contributed by atoms with van der Waals surface area (Å²) in [5, 5.41) is 4.89. The molecular formula is C13H16ClN3O. The van der Waals surface area contributed by atoms with Gasteiger partial charge in [0.15, 0.2) is 0 Å². The summed E-state index contributed by atoms with van der Waals surface area (Å²) in [6, 6.07) is 9.38. The van der Waals surface area contributed by atoms with Gasteiger partial charge in [-0.05, 0) is 32.0 Å². The van der Waals surface area contributed by atoms with Crippen LogP contribution in [0.3, 0.4) is 0 Å². The lowest BCUT2D eigenvalue weighted by atomic mass is 10.3. The summed E-state index contributed by atoms with van der Waals surface area (Å²) in [4.78, 5) is 0. The van der Waals surface area contributed by atoms with Crippen molar-refractivity contribution in [2.75, 3.05) is 5.73 Å². The van der Waals surface area contributed by atoms with Gasteiger partial charge in [-0.15, -0.1) is 0 Å². The fraction of sp³-hybridized carbons (Fsp3) is 0.308. The van der Waals surface area contributed by atoms with Crippen molar-refractivity contribution in [3.8, 4) is 5.75 Å². The molecule has 0 atom stereocenters. The molecule has 0 saturated carbocycles. The third-order valence-corrected chi connectivity index (χ3v) is 2.74. The average molecular weight is 266 g/mol. The molecular weight excluding hydrogens is 250 g/mol. The third-order valence-electron chi connectivity index (χ3n) is 2.50. The predicted octanol–water partition coefficient (Wildman–Crippen LogP) is 3.28. The zero-order valence-corrected chi connectivity index (χ0v) is 11.2. The number of hydrogen-bond acceptors (Lipinski definition) is 3. The van der Waals surface area contributed by atoms with Gasteiger partial charge >= 0.3 is 0 Å². The van der Waals surface area contributed by atoms with Gasteiger partial charge in [-0.1, -0.05) is 17.7 Å². The second-order valence-electron chi connectivity index (χ2n) is 4.34. The van der Waals surface area contributed by atoms with Crippen LogP contribution in [0.4, 0.5) is 5.82 Å². The fourth-order valence-electron chi connectivity index (χ4n) is 1.72. The van der Waals surface area contributed by atoms with Crippen molar-refractivity contribution in [3.05, 3.63) is 41.0 Å². The first-order chi connectivity index (χ1) is 8.56. The number of anilines is 1. The van der Waals surface area contributed by atoms with Gasteiger partial charge < -0.3 is 10.5 Å². The molecule has 0 amide bonds. The molecule has 0 spiro atoms. The monoisotopic (exact) mass is 265 g/mol. The average Bonchev–Trinajstić information content (AvgIpc) is 2.68. The Morgan fingerprint density at radius 3 is 2.83 bits per heavy atom. The van der Waals surface area contributed by atoms with Gasteiger partial charge in [0.05, 0.1) is 5.69 Å². The number of nitrogen functional groups attached to an aromatic ring is 1. The van der Waals surface area contributed by atoms with Crippen LogP contribution in [0.2, 0.25) is 5.02 Å². The summed E-state index contributed by atoms with van der Waals surface area (Å²) in [5.41, 5.74) is 6.65. The molecule has 2 rings (SSSR count). The molecule has 1 heterocycles. The van der Waals surface area contributed by atoms with E-state index in [1.165, 1.54) is 0 Å². The van der Waals surface area contributed by atoms with E-state index in [-0.39, 0.29) is 6.04 Å². The minimum atomic E-state index is 0.250. The van der Waals surface area contributed by atoms with Gasteiger partial charge in [-0.25, -0.2) is 0 Å². The number of nitrogens with two attached hydrogens (primary N) is 1. The molecule has 1 aromatic carbocycles. The lowest BCUT2D eigenvalue weighted by Gasteiger charge is -2.11. The molecule has 1 aromatic heterocycles. The van der Waals surface area contributed by atoms with Gasteiger partial charge in [0.1, 0.15) is 18.2 Å². The molecule has 5 heteroatoms. The summed E-state index contributed by atoms with van der Waals surface area (Å²) in [5.74, 6) is 1.24. The fourth-order valence-corrected chi connectivity index (χ4v) is 1.90. The maximum absolute atomic E-state index is 5.89. The standard InChI is InChI=1S/C13H16ClN3O/c1-9(2)17-11(7-13(15)16-17)8-18-12-5-3-4-10(14)6-12/h3-7,9H,8H2,1-2H3,(H2,15,16). The van der Waals surface area contributed by atoms with Crippen LogP contribution in [0.25, 0.3) is 0 Å². The van der Waals surface area contributed by atoms with Crippen LogP contribution in [0.15, 0.2) is 30.3 Å². The van der Waals surface area contributed by atoms with Crippen LogP contribution in [0, 0.1) is 0 Å². The van der Waals surface area contributed by atoms with Crippen molar-refractivity contribution < 1.29 is 4.74 Å². The number of rotatable bonds is 4. The highest BCUT2D eigenvalue weighted by molar-refractivity contribution is 6.30. The Bertz CT molecular complexity index is 537. The summed E-state index contributed by atoms with van der Waals surface area (Å²) in [7, 11) is 0. The lowest BCUT2D eigenvalue weighted by molar-refractivity contribution is 0.288. The molecule has 2 aromatic rings. The quantitative estimate of drug-likeness (QED) is 0.923. The van der Waals surface area contributed by atoms with E-state index in [0.29, 0.717) is 17.4 Å². The van der Waals surface area contributed by atoms with Gasteiger partial charge in [-0.2, -0.15) is 5.10 Å². The first-order valence-electron chi connectivity index (χ1n) is 5.78. The number of nitrogens with zero attached hydrogens (tertiary/aromatic N) is 2. The SMILES string of the molecule is CC(C)n1nc(N)cc1COc1cccc(Cl)c1. The number of ether oxygens (including phenoxy) is 1. The summed E-state index contributed by atoms with van der Waals surface area (Å²) in [6.45, 7) is 4.52. The second-order valence-corrected chi connectivity index (χ2v) is 4.78. The van der Waals surface area contributed by atoms with Crippen molar-refractivity contribution >= 4 is 17.4 Å². The minimum Gasteiger partial charge on any atom is -0.487 e. The molecule has 0 unspecified atom stereocenters. The van der Waals surface area contributed by atoms with E-state index >= 15 is 0 Å². The van der Waals surface area contributed by atoms with Crippen LogP contribution < -0.4 is 10.5 Å². The largest absolute Gasteiger partial charge is 0.487 e. The maximum atomic E-state index is 5.89. The lowest BCUT2D eigenvalue weighted by Crippen LogP contribution is -2.10. The summed E-state index contributed by atoms with van der Waals surface area (Å²) < 4.78 is 7.54. The van der Waals surface area contributed by atoms with Crippen LogP contribution in [0.5, 0.6) is 5.75 Å². The Hall–Kier alpha value is -1.68. The van der Waals surface area contributed by atoms with Gasteiger partial charge in [0.2, 0.25) is 0 Å². The zero-order valence-electron chi connectivity index (χ0n) is 10.4. The number of benzene rings is 1. The van der Waals surface area contributed by atoms with Crippen molar-refractivity contribution in [1.29, 1.82) is 0 Å². The molecule has 0 radical (unpaired) electrons. The molecule has 0 aliphatic heterocycles. The highest BCUT2D eigenvalue weighted by Gasteiger charge is 2.09. The second kappa shape index (κ2) is 5.31. The van der Waals surface area contributed by atoms with Crippen molar-refractivity contribution in [1.82, 2.24) is 9.78 Å². The zero-order chi connectivity index (χ0) is 13.1. The predicted molar refractivity (Wildman–Crippen MR) is 72.8 cm³/mol. The van der Waals surface area contributed by atoms with Crippen LogP contribution >= 0.6 is 11.6 Å². The van der Waals surface area contributed by atoms with Crippen LogP contribution in [-0.4, -0.2) is 9.78 Å². The van der Waals surface area contributed by atoms with Crippen molar-refractivity contribution in [2.24, 2.45) is 0 Å². The van der Waals surface area contributed by atoms with Gasteiger partial charge in [0, 0.05) is 17.1 Å². The first-order valence-corrected chi connectivity index (χ1v) is 6.16. The van der Waals surface area contributed by atoms with E-state index in [1.807, 2.05) is 28.9 Å². The highest BCUT2D eigenvalue weighted by Crippen LogP contribution is 2.20. The molecule has 18 heavy (non-hydrogen) atoms. The van der Waals surface area contributed by atoms with Crippen LogP contribution in [-0.2, 0) is 6.61 Å². The molecule has 0 fully saturated rings.